The zero-order valence-electron chi connectivity index (χ0n) is 21.8. The lowest BCUT2D eigenvalue weighted by Crippen LogP contribution is -2.49. The average Bonchev–Trinajstić information content (AvgIpc) is 2.85. The normalized spacial score (nSPS) is 12.9. The molecule has 0 spiro atoms. The molecule has 2 aromatic carbocycles. The van der Waals surface area contributed by atoms with E-state index in [0.717, 1.165) is 12.7 Å². The Kier molecular flexibility index (Phi) is 11.5. The topological polar surface area (TPSA) is 96.0 Å². The van der Waals surface area contributed by atoms with Gasteiger partial charge in [0.15, 0.2) is 0 Å². The highest BCUT2D eigenvalue weighted by molar-refractivity contribution is 7.92. The van der Waals surface area contributed by atoms with Crippen molar-refractivity contribution in [2.24, 2.45) is 0 Å². The van der Waals surface area contributed by atoms with E-state index in [-0.39, 0.29) is 43.8 Å². The van der Waals surface area contributed by atoms with Crippen LogP contribution < -0.4 is 14.4 Å². The molecule has 0 bridgehead atoms. The van der Waals surface area contributed by atoms with Gasteiger partial charge in [0, 0.05) is 41.2 Å². The van der Waals surface area contributed by atoms with E-state index >= 15 is 0 Å². The molecular formula is C26H35Cl2N3O5S. The number of amides is 2. The fraction of sp³-hybridized carbons (Fsp3) is 0.462. The maximum atomic E-state index is 13.4. The third-order valence-electron chi connectivity index (χ3n) is 6.07. The summed E-state index contributed by atoms with van der Waals surface area (Å²) in [6, 6.07) is 10.9. The van der Waals surface area contributed by atoms with Gasteiger partial charge in [0.05, 0.1) is 19.1 Å². The molecule has 8 nitrogen and oxygen atoms in total. The molecule has 0 saturated carbocycles. The highest BCUT2D eigenvalue weighted by atomic mass is 35.5. The number of benzene rings is 2. The van der Waals surface area contributed by atoms with E-state index < -0.39 is 16.1 Å². The van der Waals surface area contributed by atoms with E-state index in [2.05, 4.69) is 5.32 Å². The Morgan fingerprint density at radius 3 is 2.16 bits per heavy atom. The summed E-state index contributed by atoms with van der Waals surface area (Å²) in [7, 11) is -2.06. The van der Waals surface area contributed by atoms with Crippen LogP contribution in [0.3, 0.4) is 0 Å². The summed E-state index contributed by atoms with van der Waals surface area (Å²) in [4.78, 5) is 27.7. The smallest absolute Gasteiger partial charge is 0.242 e. The predicted molar refractivity (Wildman–Crippen MR) is 149 cm³/mol. The number of methoxy groups -OCH3 is 1. The van der Waals surface area contributed by atoms with Gasteiger partial charge in [0.25, 0.3) is 0 Å². The van der Waals surface area contributed by atoms with Gasteiger partial charge < -0.3 is 15.0 Å². The Labute approximate surface area is 229 Å². The molecule has 0 radical (unpaired) electrons. The van der Waals surface area contributed by atoms with Gasteiger partial charge >= 0.3 is 0 Å². The Morgan fingerprint density at radius 2 is 1.65 bits per heavy atom. The zero-order chi connectivity index (χ0) is 27.8. The number of hydrogen-bond acceptors (Lipinski definition) is 5. The molecule has 11 heteroatoms. The number of nitrogens with one attached hydrogen (secondary N) is 1. The van der Waals surface area contributed by atoms with Crippen molar-refractivity contribution in [3.8, 4) is 5.75 Å². The number of nitrogens with zero attached hydrogens (tertiary/aromatic N) is 2. The van der Waals surface area contributed by atoms with Crippen LogP contribution in [-0.2, 0) is 26.2 Å². The lowest BCUT2D eigenvalue weighted by Gasteiger charge is -2.30. The molecule has 2 atom stereocenters. The number of ether oxygens (including phenoxy) is 1. The van der Waals surface area contributed by atoms with Crippen molar-refractivity contribution in [3.63, 3.8) is 0 Å². The lowest BCUT2D eigenvalue weighted by molar-refractivity contribution is -0.140. The lowest BCUT2D eigenvalue weighted by atomic mass is 10.1. The fourth-order valence-electron chi connectivity index (χ4n) is 3.65. The first kappa shape index (κ1) is 30.7. The molecule has 1 N–H and O–H groups in total. The summed E-state index contributed by atoms with van der Waals surface area (Å²) in [6.45, 7) is 5.63. The standard InChI is InChI=1S/C26H35Cl2N3O5S/c1-6-18(2)29-26(33)19(3)30(17-22-23(27)9-7-10-24(22)28)25(32)11-8-16-31(37(5,34)35)20-12-14-21(36-4)15-13-20/h7,9-10,12-15,18-19H,6,8,11,16-17H2,1-5H3,(H,29,33)/t18-,19+/m0/s1. The van der Waals surface area contributed by atoms with E-state index in [1.165, 1.54) is 16.3 Å². The molecule has 2 rings (SSSR count). The van der Waals surface area contributed by atoms with Crippen molar-refractivity contribution >= 4 is 50.7 Å². The molecular weight excluding hydrogens is 537 g/mol. The van der Waals surface area contributed by atoms with Gasteiger partial charge in [-0.05, 0) is 63.1 Å². The zero-order valence-corrected chi connectivity index (χ0v) is 24.2. The summed E-state index contributed by atoms with van der Waals surface area (Å²) < 4.78 is 31.3. The minimum atomic E-state index is -3.59. The van der Waals surface area contributed by atoms with Crippen LogP contribution >= 0.6 is 23.2 Å². The third-order valence-corrected chi connectivity index (χ3v) is 7.97. The molecule has 0 fully saturated rings. The predicted octanol–water partition coefficient (Wildman–Crippen LogP) is 4.88. The number of anilines is 1. The second-order valence-corrected chi connectivity index (χ2v) is 11.6. The summed E-state index contributed by atoms with van der Waals surface area (Å²) in [6.07, 6.45) is 2.12. The molecule has 37 heavy (non-hydrogen) atoms. The number of hydrogen-bond donors (Lipinski definition) is 1. The van der Waals surface area contributed by atoms with Crippen molar-refractivity contribution in [2.75, 3.05) is 24.2 Å². The molecule has 0 unspecified atom stereocenters. The second kappa shape index (κ2) is 13.9. The molecule has 0 saturated heterocycles. The SMILES string of the molecule is CC[C@H](C)NC(=O)[C@@H](C)N(Cc1c(Cl)cccc1Cl)C(=O)CCCN(c1ccc(OC)cc1)S(C)(=O)=O. The summed E-state index contributed by atoms with van der Waals surface area (Å²) in [5.41, 5.74) is 1.01. The number of sulfonamides is 1. The van der Waals surface area contributed by atoms with Gasteiger partial charge in [-0.25, -0.2) is 8.42 Å². The number of halogens is 2. The van der Waals surface area contributed by atoms with Gasteiger partial charge in [0.2, 0.25) is 21.8 Å². The Hall–Kier alpha value is -2.49. The summed E-state index contributed by atoms with van der Waals surface area (Å²) in [5, 5.41) is 3.69. The van der Waals surface area contributed by atoms with Gasteiger partial charge in [-0.3, -0.25) is 13.9 Å². The first-order chi connectivity index (χ1) is 17.4. The number of carbonyl (C=O) groups is 2. The highest BCUT2D eigenvalue weighted by Gasteiger charge is 2.28. The minimum Gasteiger partial charge on any atom is -0.497 e. The summed E-state index contributed by atoms with van der Waals surface area (Å²) in [5.74, 6) is -0.00116. The van der Waals surface area contributed by atoms with Crippen LogP contribution in [0.2, 0.25) is 10.0 Å². The van der Waals surface area contributed by atoms with Gasteiger partial charge in [0.1, 0.15) is 11.8 Å². The van der Waals surface area contributed by atoms with Crippen LogP contribution in [0.25, 0.3) is 0 Å². The molecule has 2 aromatic rings. The van der Waals surface area contributed by atoms with Crippen molar-refractivity contribution in [1.82, 2.24) is 10.2 Å². The molecule has 204 valence electrons. The third kappa shape index (κ3) is 8.79. The van der Waals surface area contributed by atoms with E-state index in [4.69, 9.17) is 27.9 Å². The molecule has 2 amide bonds. The van der Waals surface area contributed by atoms with Crippen LogP contribution in [0.5, 0.6) is 5.75 Å². The molecule has 0 aliphatic carbocycles. The van der Waals surface area contributed by atoms with Gasteiger partial charge in [-0.15, -0.1) is 0 Å². The quantitative estimate of drug-likeness (QED) is 0.369. The average molecular weight is 573 g/mol. The Morgan fingerprint density at radius 1 is 1.05 bits per heavy atom. The van der Waals surface area contributed by atoms with Crippen LogP contribution in [0.15, 0.2) is 42.5 Å². The van der Waals surface area contributed by atoms with E-state index in [1.807, 2.05) is 13.8 Å². The van der Waals surface area contributed by atoms with Gasteiger partial charge in [-0.1, -0.05) is 36.2 Å². The molecule has 0 heterocycles. The van der Waals surface area contributed by atoms with Crippen LogP contribution in [0.4, 0.5) is 5.69 Å². The van der Waals surface area contributed by atoms with Crippen LogP contribution in [0.1, 0.15) is 45.6 Å². The van der Waals surface area contributed by atoms with Crippen molar-refractivity contribution < 1.29 is 22.7 Å². The van der Waals surface area contributed by atoms with Gasteiger partial charge in [-0.2, -0.15) is 0 Å². The highest BCUT2D eigenvalue weighted by Crippen LogP contribution is 2.27. The second-order valence-electron chi connectivity index (χ2n) is 8.85. The number of carbonyl (C=O) groups excluding carboxylic acids is 2. The Balaban J connectivity index is 2.22. The van der Waals surface area contributed by atoms with E-state index in [1.54, 1.807) is 49.4 Å². The van der Waals surface area contributed by atoms with E-state index in [0.29, 0.717) is 27.0 Å². The molecule has 0 aliphatic rings. The van der Waals surface area contributed by atoms with Crippen molar-refractivity contribution in [1.29, 1.82) is 0 Å². The molecule has 0 aliphatic heterocycles. The van der Waals surface area contributed by atoms with Crippen molar-refractivity contribution in [3.05, 3.63) is 58.1 Å². The van der Waals surface area contributed by atoms with Crippen LogP contribution in [0, 0.1) is 0 Å². The van der Waals surface area contributed by atoms with Crippen LogP contribution in [-0.4, -0.2) is 57.1 Å². The first-order valence-corrected chi connectivity index (χ1v) is 14.6. The maximum Gasteiger partial charge on any atom is 0.242 e. The maximum absolute atomic E-state index is 13.4. The monoisotopic (exact) mass is 571 g/mol. The number of rotatable bonds is 13. The summed E-state index contributed by atoms with van der Waals surface area (Å²) >= 11 is 12.7. The van der Waals surface area contributed by atoms with E-state index in [9.17, 15) is 18.0 Å². The largest absolute Gasteiger partial charge is 0.497 e. The Bertz CT molecular complexity index is 1150. The fourth-order valence-corrected chi connectivity index (χ4v) is 5.14. The van der Waals surface area contributed by atoms with Crippen molar-refractivity contribution in [2.45, 2.75) is 58.7 Å². The minimum absolute atomic E-state index is 0.0190. The first-order valence-electron chi connectivity index (χ1n) is 12.0. The molecule has 0 aromatic heterocycles.